The average Bonchev–Trinajstić information content (AvgIpc) is 3.42. The number of aliphatic imine (C=N–C) groups is 1. The number of halogens is 4. The Labute approximate surface area is 221 Å². The molecule has 1 aliphatic carbocycles. The molecule has 0 spiro atoms. The van der Waals surface area contributed by atoms with Gasteiger partial charge in [-0.15, -0.1) is 11.3 Å². The lowest BCUT2D eigenvalue weighted by molar-refractivity contribution is 0.123. The fourth-order valence-electron chi connectivity index (χ4n) is 4.82. The first-order valence-electron chi connectivity index (χ1n) is 11.4. The van der Waals surface area contributed by atoms with Gasteiger partial charge < -0.3 is 15.8 Å². The van der Waals surface area contributed by atoms with Crippen LogP contribution in [0.4, 0.5) is 29.1 Å². The third kappa shape index (κ3) is 4.11. The van der Waals surface area contributed by atoms with E-state index in [1.165, 1.54) is 36.7 Å². The van der Waals surface area contributed by atoms with E-state index in [9.17, 15) is 13.2 Å². The minimum Gasteiger partial charge on any atom is -0.470 e. The molecule has 1 saturated carbocycles. The summed E-state index contributed by atoms with van der Waals surface area (Å²) < 4.78 is 61.9. The SMILES string of the molecule is C[C@]1(c2cc(Nc3nccc4nc(OCc5cscn5)cnc34)cc(F)c2F)N=C(N)S[C@@]2(C(F)F)CC21. The summed E-state index contributed by atoms with van der Waals surface area (Å²) in [7, 11) is 0. The molecule has 14 heteroatoms. The lowest BCUT2D eigenvalue weighted by Crippen LogP contribution is -2.39. The second-order valence-corrected chi connectivity index (χ2v) is 11.3. The number of ether oxygens (including phenoxy) is 1. The van der Waals surface area contributed by atoms with Crippen molar-refractivity contribution >= 4 is 50.8 Å². The minimum absolute atomic E-state index is 0.0847. The predicted octanol–water partition coefficient (Wildman–Crippen LogP) is 5.38. The summed E-state index contributed by atoms with van der Waals surface area (Å²) in [6, 6.07) is 3.94. The molecule has 6 rings (SSSR count). The molecule has 4 aromatic rings. The predicted molar refractivity (Wildman–Crippen MR) is 137 cm³/mol. The molecule has 2 aliphatic rings. The lowest BCUT2D eigenvalue weighted by Gasteiger charge is -2.34. The van der Waals surface area contributed by atoms with Crippen molar-refractivity contribution in [2.75, 3.05) is 5.32 Å². The summed E-state index contributed by atoms with van der Waals surface area (Å²) in [5, 5.41) is 4.73. The molecule has 0 amide bonds. The van der Waals surface area contributed by atoms with E-state index in [4.69, 9.17) is 10.5 Å². The molecule has 38 heavy (non-hydrogen) atoms. The van der Waals surface area contributed by atoms with Crippen LogP contribution in [0.3, 0.4) is 0 Å². The highest BCUT2D eigenvalue weighted by Gasteiger charge is 2.71. The highest BCUT2D eigenvalue weighted by molar-refractivity contribution is 8.15. The zero-order valence-corrected chi connectivity index (χ0v) is 21.3. The van der Waals surface area contributed by atoms with Crippen LogP contribution in [-0.2, 0) is 12.1 Å². The van der Waals surface area contributed by atoms with Gasteiger partial charge >= 0.3 is 0 Å². The third-order valence-corrected chi connectivity index (χ3v) is 8.71. The molecule has 196 valence electrons. The molecule has 1 fully saturated rings. The number of fused-ring (bicyclic) bond motifs is 2. The summed E-state index contributed by atoms with van der Waals surface area (Å²) >= 11 is 2.25. The first kappa shape index (κ1) is 24.8. The average molecular weight is 562 g/mol. The van der Waals surface area contributed by atoms with Gasteiger partial charge in [0, 0.05) is 34.8 Å². The van der Waals surface area contributed by atoms with E-state index < -0.39 is 34.3 Å². The number of thiazole rings is 1. The van der Waals surface area contributed by atoms with Crippen molar-refractivity contribution < 1.29 is 22.3 Å². The van der Waals surface area contributed by atoms with Crippen LogP contribution in [0.2, 0.25) is 0 Å². The Balaban J connectivity index is 1.32. The number of amidine groups is 1. The Bertz CT molecular complexity index is 1570. The van der Waals surface area contributed by atoms with Crippen LogP contribution >= 0.6 is 23.1 Å². The number of benzene rings is 1. The van der Waals surface area contributed by atoms with Crippen LogP contribution in [0.5, 0.6) is 5.88 Å². The first-order chi connectivity index (χ1) is 18.2. The monoisotopic (exact) mass is 561 g/mol. The van der Waals surface area contributed by atoms with Crippen molar-refractivity contribution in [2.24, 2.45) is 16.6 Å². The van der Waals surface area contributed by atoms with Crippen LogP contribution in [0.25, 0.3) is 11.0 Å². The third-order valence-electron chi connectivity index (χ3n) is 6.76. The summed E-state index contributed by atoms with van der Waals surface area (Å²) in [6.45, 7) is 1.74. The number of alkyl halides is 2. The topological polar surface area (TPSA) is 111 Å². The Morgan fingerprint density at radius 3 is 2.84 bits per heavy atom. The van der Waals surface area contributed by atoms with Gasteiger partial charge in [0.05, 0.1) is 33.2 Å². The number of hydrogen-bond donors (Lipinski definition) is 2. The van der Waals surface area contributed by atoms with Crippen LogP contribution in [-0.4, -0.2) is 36.3 Å². The Morgan fingerprint density at radius 1 is 1.24 bits per heavy atom. The van der Waals surface area contributed by atoms with Gasteiger partial charge in [0.15, 0.2) is 22.6 Å². The smallest absolute Gasteiger partial charge is 0.253 e. The van der Waals surface area contributed by atoms with E-state index in [2.05, 4.69) is 30.2 Å². The summed E-state index contributed by atoms with van der Waals surface area (Å²) in [5.41, 5.74) is 7.65. The Morgan fingerprint density at radius 2 is 2.08 bits per heavy atom. The van der Waals surface area contributed by atoms with E-state index in [-0.39, 0.29) is 41.1 Å². The number of hydrogen-bond acceptors (Lipinski definition) is 10. The molecule has 8 nitrogen and oxygen atoms in total. The number of nitrogens with two attached hydrogens (primary N) is 1. The molecular formula is C24H19F4N7OS2. The normalized spacial score (nSPS) is 24.3. The molecule has 3 aromatic heterocycles. The molecule has 1 aliphatic heterocycles. The second-order valence-electron chi connectivity index (χ2n) is 9.16. The molecule has 4 heterocycles. The number of pyridine rings is 1. The molecule has 0 saturated heterocycles. The number of thioether (sulfide) groups is 1. The Kier molecular flexibility index (Phi) is 5.90. The molecule has 3 atom stereocenters. The molecule has 0 bridgehead atoms. The van der Waals surface area contributed by atoms with Gasteiger partial charge in [-0.1, -0.05) is 11.8 Å². The highest BCUT2D eigenvalue weighted by Crippen LogP contribution is 2.68. The maximum absolute atomic E-state index is 15.1. The number of rotatable bonds is 7. The quantitative estimate of drug-likeness (QED) is 0.289. The van der Waals surface area contributed by atoms with Crippen LogP contribution in [0.1, 0.15) is 24.6 Å². The van der Waals surface area contributed by atoms with Gasteiger partial charge in [-0.2, -0.15) is 0 Å². The number of aromatic nitrogens is 4. The van der Waals surface area contributed by atoms with Gasteiger partial charge in [-0.3, -0.25) is 4.99 Å². The zero-order valence-electron chi connectivity index (χ0n) is 19.7. The number of nitrogens with zero attached hydrogens (tertiary/aromatic N) is 5. The molecule has 1 aromatic carbocycles. The van der Waals surface area contributed by atoms with Crippen molar-refractivity contribution in [1.29, 1.82) is 0 Å². The fourth-order valence-corrected chi connectivity index (χ4v) is 6.70. The van der Waals surface area contributed by atoms with E-state index in [1.54, 1.807) is 11.6 Å². The van der Waals surface area contributed by atoms with E-state index in [0.29, 0.717) is 11.0 Å². The van der Waals surface area contributed by atoms with Gasteiger partial charge in [0.25, 0.3) is 6.43 Å². The van der Waals surface area contributed by atoms with Crippen molar-refractivity contribution in [2.45, 2.75) is 36.7 Å². The highest BCUT2D eigenvalue weighted by atomic mass is 32.2. The first-order valence-corrected chi connectivity index (χ1v) is 13.2. The lowest BCUT2D eigenvalue weighted by atomic mass is 9.85. The van der Waals surface area contributed by atoms with Gasteiger partial charge in [0.2, 0.25) is 5.88 Å². The Hall–Kier alpha value is -3.52. The second kappa shape index (κ2) is 9.05. The number of anilines is 2. The molecule has 3 N–H and O–H groups in total. The number of nitrogens with one attached hydrogen (secondary N) is 1. The maximum Gasteiger partial charge on any atom is 0.253 e. The van der Waals surface area contributed by atoms with Crippen molar-refractivity contribution in [3.05, 3.63) is 64.4 Å². The summed E-state index contributed by atoms with van der Waals surface area (Å²) in [5.74, 6) is -2.52. The van der Waals surface area contributed by atoms with Crippen LogP contribution in [0.15, 0.2) is 46.5 Å². The van der Waals surface area contributed by atoms with Crippen LogP contribution < -0.4 is 15.8 Å². The standard InChI is InChI=1S/C24H19F4N7OS2/c1-23(16-6-24(16,21(27)28)38-22(29)35-23)13-4-11(5-14(25)18(13)26)33-20-19-15(2-3-30-20)34-17(7-31-19)36-8-12-9-37-10-32-12/h2-5,7,9-10,16,21H,6,8H2,1H3,(H2,29,35)(H,30,33)/t16?,23-,24+/m1/s1. The van der Waals surface area contributed by atoms with E-state index in [1.807, 2.05) is 5.38 Å². The summed E-state index contributed by atoms with van der Waals surface area (Å²) in [6.07, 6.45) is 0.306. The molecular weight excluding hydrogens is 542 g/mol. The van der Waals surface area contributed by atoms with E-state index >= 15 is 4.39 Å². The van der Waals surface area contributed by atoms with Crippen LogP contribution in [0, 0.1) is 17.6 Å². The molecule has 0 radical (unpaired) electrons. The summed E-state index contributed by atoms with van der Waals surface area (Å²) in [4.78, 5) is 21.5. The zero-order chi connectivity index (χ0) is 26.7. The largest absolute Gasteiger partial charge is 0.470 e. The van der Waals surface area contributed by atoms with E-state index in [0.717, 1.165) is 23.5 Å². The van der Waals surface area contributed by atoms with Gasteiger partial charge in [0.1, 0.15) is 12.1 Å². The van der Waals surface area contributed by atoms with Crippen molar-refractivity contribution in [1.82, 2.24) is 19.9 Å². The van der Waals surface area contributed by atoms with Gasteiger partial charge in [-0.05, 0) is 25.5 Å². The maximum atomic E-state index is 15.1. The fraction of sp³-hybridized carbons (Fsp3) is 0.292. The van der Waals surface area contributed by atoms with Crippen molar-refractivity contribution in [3.8, 4) is 5.88 Å². The van der Waals surface area contributed by atoms with Crippen molar-refractivity contribution in [3.63, 3.8) is 0 Å². The molecule has 1 unspecified atom stereocenters. The van der Waals surface area contributed by atoms with Gasteiger partial charge in [-0.25, -0.2) is 37.5 Å². The minimum atomic E-state index is -2.69.